The van der Waals surface area contributed by atoms with E-state index in [-0.39, 0.29) is 0 Å². The normalized spacial score (nSPS) is 11.9. The molecule has 0 aliphatic rings. The number of nitrogens with zero attached hydrogens (tertiary/aromatic N) is 2. The predicted octanol–water partition coefficient (Wildman–Crippen LogP) is 5.10. The molecule has 0 saturated heterocycles. The molecule has 0 radical (unpaired) electrons. The molecule has 0 aliphatic carbocycles. The van der Waals surface area contributed by atoms with Gasteiger partial charge in [0.2, 0.25) is 0 Å². The minimum atomic E-state index is 1.07. The van der Waals surface area contributed by atoms with Crippen molar-refractivity contribution < 1.29 is 0 Å². The third kappa shape index (κ3) is 1.37. The minimum Gasteiger partial charge on any atom is -0.314 e. The molecule has 0 aliphatic heterocycles. The molecule has 0 bridgehead atoms. The molecular formula is C20H14N2. The molecule has 0 unspecified atom stereocenters. The number of pyridine rings is 2. The van der Waals surface area contributed by atoms with Crippen LogP contribution in [0.3, 0.4) is 0 Å². The summed E-state index contributed by atoms with van der Waals surface area (Å²) in [7, 11) is 0. The molecule has 0 atom stereocenters. The van der Waals surface area contributed by atoms with E-state index >= 15 is 0 Å². The van der Waals surface area contributed by atoms with Crippen LogP contribution in [-0.2, 0) is 0 Å². The Morgan fingerprint density at radius 3 is 2.68 bits per heavy atom. The fraction of sp³-hybridized carbons (Fsp3) is 0.0500. The number of aryl methyl sites for hydroxylation is 1. The van der Waals surface area contributed by atoms with Gasteiger partial charge in [0.1, 0.15) is 0 Å². The van der Waals surface area contributed by atoms with Crippen molar-refractivity contribution in [3.8, 4) is 0 Å². The molecule has 104 valence electrons. The summed E-state index contributed by atoms with van der Waals surface area (Å²) in [5.74, 6) is 0. The Hall–Kier alpha value is -2.87. The summed E-state index contributed by atoms with van der Waals surface area (Å²) in [4.78, 5) is 4.79. The summed E-state index contributed by atoms with van der Waals surface area (Å²) in [6.07, 6.45) is 4.12. The van der Waals surface area contributed by atoms with Gasteiger partial charge >= 0.3 is 0 Å². The summed E-state index contributed by atoms with van der Waals surface area (Å²) in [6, 6.07) is 19.2. The summed E-state index contributed by atoms with van der Waals surface area (Å²) >= 11 is 0. The minimum absolute atomic E-state index is 1.07. The second kappa shape index (κ2) is 4.08. The van der Waals surface area contributed by atoms with Gasteiger partial charge in [0, 0.05) is 33.9 Å². The zero-order chi connectivity index (χ0) is 14.7. The molecule has 3 heterocycles. The van der Waals surface area contributed by atoms with E-state index in [4.69, 9.17) is 4.98 Å². The summed E-state index contributed by atoms with van der Waals surface area (Å²) < 4.78 is 2.28. The highest BCUT2D eigenvalue weighted by Crippen LogP contribution is 2.34. The van der Waals surface area contributed by atoms with Crippen molar-refractivity contribution in [2.45, 2.75) is 6.92 Å². The number of benzene rings is 2. The zero-order valence-electron chi connectivity index (χ0n) is 12.2. The van der Waals surface area contributed by atoms with Crippen molar-refractivity contribution in [2.24, 2.45) is 0 Å². The van der Waals surface area contributed by atoms with Crippen LogP contribution in [0, 0.1) is 6.92 Å². The lowest BCUT2D eigenvalue weighted by atomic mass is 10.0. The number of hydrogen-bond acceptors (Lipinski definition) is 1. The molecule has 0 amide bonds. The van der Waals surface area contributed by atoms with Gasteiger partial charge in [-0.3, -0.25) is 4.98 Å². The van der Waals surface area contributed by atoms with Crippen LogP contribution in [0.15, 0.2) is 67.0 Å². The quantitative estimate of drug-likeness (QED) is 0.361. The first kappa shape index (κ1) is 11.8. The van der Waals surface area contributed by atoms with Crippen LogP contribution >= 0.6 is 0 Å². The highest BCUT2D eigenvalue weighted by atomic mass is 14.9. The maximum Gasteiger partial charge on any atom is 0.0955 e. The molecule has 2 nitrogen and oxygen atoms in total. The van der Waals surface area contributed by atoms with Crippen LogP contribution in [0.5, 0.6) is 0 Å². The van der Waals surface area contributed by atoms with E-state index in [2.05, 4.69) is 72.1 Å². The average Bonchev–Trinajstić information content (AvgIpc) is 3.03. The molecular weight excluding hydrogens is 268 g/mol. The lowest BCUT2D eigenvalue weighted by Gasteiger charge is -2.12. The molecule has 0 spiro atoms. The molecule has 0 N–H and O–H groups in total. The summed E-state index contributed by atoms with van der Waals surface area (Å²) in [5, 5.41) is 4.95. The van der Waals surface area contributed by atoms with Crippen molar-refractivity contribution in [3.63, 3.8) is 0 Å². The lowest BCUT2D eigenvalue weighted by molar-refractivity contribution is 1.27. The Labute approximate surface area is 127 Å². The van der Waals surface area contributed by atoms with Gasteiger partial charge < -0.3 is 4.40 Å². The molecule has 2 heteroatoms. The van der Waals surface area contributed by atoms with E-state index in [1.165, 1.54) is 38.1 Å². The van der Waals surface area contributed by atoms with Gasteiger partial charge in [-0.2, -0.15) is 0 Å². The van der Waals surface area contributed by atoms with Crippen molar-refractivity contribution in [1.82, 2.24) is 9.38 Å². The Balaban J connectivity index is 2.24. The Morgan fingerprint density at radius 1 is 0.864 bits per heavy atom. The van der Waals surface area contributed by atoms with Crippen LogP contribution in [0.4, 0.5) is 0 Å². The van der Waals surface area contributed by atoms with E-state index in [0.717, 1.165) is 5.52 Å². The first-order valence-corrected chi connectivity index (χ1v) is 7.50. The maximum atomic E-state index is 4.79. The van der Waals surface area contributed by atoms with Crippen molar-refractivity contribution in [1.29, 1.82) is 0 Å². The molecule has 2 aromatic carbocycles. The molecule has 5 rings (SSSR count). The van der Waals surface area contributed by atoms with Crippen LogP contribution in [0.25, 0.3) is 38.1 Å². The van der Waals surface area contributed by atoms with E-state index in [9.17, 15) is 0 Å². The van der Waals surface area contributed by atoms with Gasteiger partial charge in [-0.05, 0) is 24.6 Å². The first-order valence-electron chi connectivity index (χ1n) is 7.50. The smallest absolute Gasteiger partial charge is 0.0955 e. The Morgan fingerprint density at radius 2 is 1.73 bits per heavy atom. The van der Waals surface area contributed by atoms with Gasteiger partial charge in [-0.1, -0.05) is 42.5 Å². The van der Waals surface area contributed by atoms with Crippen LogP contribution in [-0.4, -0.2) is 9.38 Å². The number of hydrogen-bond donors (Lipinski definition) is 0. The van der Waals surface area contributed by atoms with Crippen LogP contribution < -0.4 is 0 Å². The largest absolute Gasteiger partial charge is 0.314 e. The third-order valence-electron chi connectivity index (χ3n) is 4.55. The summed E-state index contributed by atoms with van der Waals surface area (Å²) in [6.45, 7) is 2.17. The molecule has 22 heavy (non-hydrogen) atoms. The standard InChI is InChI=1S/C20H14N2/c1-13-6-4-9-16-18(13)17-10-5-11-22(17)20-15-8-3-2-7-14(15)12-21-19(16)20/h2-12H,1H3. The molecule has 3 aromatic heterocycles. The second-order valence-corrected chi connectivity index (χ2v) is 5.80. The highest BCUT2D eigenvalue weighted by molar-refractivity contribution is 6.18. The van der Waals surface area contributed by atoms with E-state index in [1.54, 1.807) is 0 Å². The SMILES string of the molecule is Cc1cccc2c3ncc4ccccc4c3n3cccc3c12. The highest BCUT2D eigenvalue weighted by Gasteiger charge is 2.12. The van der Waals surface area contributed by atoms with E-state index in [1.807, 2.05) is 6.20 Å². The molecule has 0 fully saturated rings. The van der Waals surface area contributed by atoms with Crippen molar-refractivity contribution in [3.05, 3.63) is 72.6 Å². The predicted molar refractivity (Wildman–Crippen MR) is 92.4 cm³/mol. The average molecular weight is 282 g/mol. The van der Waals surface area contributed by atoms with Crippen LogP contribution in [0.2, 0.25) is 0 Å². The van der Waals surface area contributed by atoms with Crippen molar-refractivity contribution in [2.75, 3.05) is 0 Å². The number of rotatable bonds is 0. The van der Waals surface area contributed by atoms with Gasteiger partial charge in [0.15, 0.2) is 0 Å². The maximum absolute atomic E-state index is 4.79. The fourth-order valence-corrected chi connectivity index (χ4v) is 3.57. The van der Waals surface area contributed by atoms with E-state index in [0.29, 0.717) is 0 Å². The third-order valence-corrected chi connectivity index (χ3v) is 4.55. The number of fused-ring (bicyclic) bond motifs is 8. The lowest BCUT2D eigenvalue weighted by Crippen LogP contribution is -1.94. The van der Waals surface area contributed by atoms with E-state index < -0.39 is 0 Å². The Kier molecular flexibility index (Phi) is 2.18. The molecule has 5 aromatic rings. The number of aromatic nitrogens is 2. The summed E-state index contributed by atoms with van der Waals surface area (Å²) in [5.41, 5.74) is 4.80. The second-order valence-electron chi connectivity index (χ2n) is 5.80. The monoisotopic (exact) mass is 282 g/mol. The fourth-order valence-electron chi connectivity index (χ4n) is 3.57. The topological polar surface area (TPSA) is 17.3 Å². The van der Waals surface area contributed by atoms with Gasteiger partial charge in [-0.15, -0.1) is 0 Å². The van der Waals surface area contributed by atoms with Crippen molar-refractivity contribution >= 4 is 38.1 Å². The molecule has 0 saturated carbocycles. The van der Waals surface area contributed by atoms with Gasteiger partial charge in [-0.25, -0.2) is 0 Å². The van der Waals surface area contributed by atoms with Gasteiger partial charge in [0.05, 0.1) is 16.6 Å². The zero-order valence-corrected chi connectivity index (χ0v) is 12.2. The van der Waals surface area contributed by atoms with Gasteiger partial charge in [0.25, 0.3) is 0 Å². The first-order chi connectivity index (χ1) is 10.8. The van der Waals surface area contributed by atoms with Crippen LogP contribution in [0.1, 0.15) is 5.56 Å². The Bertz CT molecular complexity index is 1180.